The second kappa shape index (κ2) is 9.62. The number of aromatic hydroxyl groups is 1. The Bertz CT molecular complexity index is 1110. The zero-order valence-corrected chi connectivity index (χ0v) is 19.2. The van der Waals surface area contributed by atoms with Crippen molar-refractivity contribution in [3.05, 3.63) is 62.7 Å². The van der Waals surface area contributed by atoms with Crippen LogP contribution in [0.1, 0.15) is 37.7 Å². The molecular formula is C23H24BrN3O2S. The third-order valence-corrected chi connectivity index (χ3v) is 6.56. The van der Waals surface area contributed by atoms with E-state index in [-0.39, 0.29) is 5.75 Å². The van der Waals surface area contributed by atoms with E-state index in [1.165, 1.54) is 19.3 Å². The van der Waals surface area contributed by atoms with Gasteiger partial charge in [-0.15, -0.1) is 11.3 Å². The molecule has 0 unspecified atom stereocenters. The Labute approximate surface area is 188 Å². The van der Waals surface area contributed by atoms with E-state index in [9.17, 15) is 5.11 Å². The van der Waals surface area contributed by atoms with Crippen molar-refractivity contribution in [3.8, 4) is 22.8 Å². The molecule has 0 saturated heterocycles. The van der Waals surface area contributed by atoms with Crippen LogP contribution in [0.5, 0.6) is 11.5 Å². The van der Waals surface area contributed by atoms with Crippen LogP contribution in [0.2, 0.25) is 0 Å². The Morgan fingerprint density at radius 3 is 2.77 bits per heavy atom. The number of ether oxygens (including phenoxy) is 1. The Hall–Kier alpha value is -2.38. The van der Waals surface area contributed by atoms with Gasteiger partial charge in [0.15, 0.2) is 0 Å². The third kappa shape index (κ3) is 4.68. The van der Waals surface area contributed by atoms with E-state index >= 15 is 0 Å². The number of phenols is 1. The highest BCUT2D eigenvalue weighted by Crippen LogP contribution is 2.30. The number of aromatic nitrogens is 1. The van der Waals surface area contributed by atoms with Gasteiger partial charge in [0.2, 0.25) is 4.80 Å². The van der Waals surface area contributed by atoms with E-state index in [1.807, 2.05) is 35.0 Å². The van der Waals surface area contributed by atoms with Gasteiger partial charge in [-0.2, -0.15) is 5.10 Å². The quantitative estimate of drug-likeness (QED) is 0.463. The first-order valence-corrected chi connectivity index (χ1v) is 11.7. The lowest BCUT2D eigenvalue weighted by molar-refractivity contribution is 0.416. The Kier molecular flexibility index (Phi) is 6.69. The second-order valence-corrected chi connectivity index (χ2v) is 9.04. The summed E-state index contributed by atoms with van der Waals surface area (Å²) in [7, 11) is 1.67. The van der Waals surface area contributed by atoms with E-state index in [4.69, 9.17) is 14.8 Å². The smallest absolute Gasteiger partial charge is 0.206 e. The molecule has 0 bridgehead atoms. The van der Waals surface area contributed by atoms with Gasteiger partial charge in [-0.25, -0.2) is 4.68 Å². The van der Waals surface area contributed by atoms with Crippen molar-refractivity contribution >= 4 is 33.5 Å². The lowest BCUT2D eigenvalue weighted by Crippen LogP contribution is -2.19. The lowest BCUT2D eigenvalue weighted by atomic mass is 9.96. The summed E-state index contributed by atoms with van der Waals surface area (Å²) in [5, 5.41) is 17.0. The van der Waals surface area contributed by atoms with Gasteiger partial charge in [0.25, 0.3) is 0 Å². The molecule has 1 fully saturated rings. The molecule has 0 atom stereocenters. The summed E-state index contributed by atoms with van der Waals surface area (Å²) in [6.07, 6.45) is 7.67. The standard InChI is InChI=1S/C23H24BrN3O2S/c1-29-22-10-6-5-9-19(22)20-15-30-23(26-18-7-3-2-4-8-18)27(20)25-14-16-13-17(24)11-12-21(16)28/h5-6,9-15,18,28H,2-4,7-8H2,1H3. The number of methoxy groups -OCH3 is 1. The van der Waals surface area contributed by atoms with Gasteiger partial charge in [-0.1, -0.05) is 47.3 Å². The molecule has 2 aromatic carbocycles. The van der Waals surface area contributed by atoms with Gasteiger partial charge in [-0.3, -0.25) is 4.99 Å². The highest BCUT2D eigenvalue weighted by Gasteiger charge is 2.15. The summed E-state index contributed by atoms with van der Waals surface area (Å²) < 4.78 is 8.32. The summed E-state index contributed by atoms with van der Waals surface area (Å²) in [6, 6.07) is 13.5. The van der Waals surface area contributed by atoms with Crippen molar-refractivity contribution in [2.24, 2.45) is 10.1 Å². The van der Waals surface area contributed by atoms with Gasteiger partial charge in [-0.05, 0) is 43.2 Å². The molecule has 30 heavy (non-hydrogen) atoms. The topological polar surface area (TPSA) is 59.1 Å². The number of nitrogens with zero attached hydrogens (tertiary/aromatic N) is 3. The fourth-order valence-electron chi connectivity index (χ4n) is 3.66. The number of halogens is 1. The first-order valence-electron chi connectivity index (χ1n) is 10.1. The van der Waals surface area contributed by atoms with Gasteiger partial charge < -0.3 is 9.84 Å². The Balaban J connectivity index is 1.82. The van der Waals surface area contributed by atoms with Gasteiger partial charge in [0, 0.05) is 21.0 Å². The Morgan fingerprint density at radius 1 is 1.17 bits per heavy atom. The van der Waals surface area contributed by atoms with Crippen LogP contribution in [0.25, 0.3) is 11.3 Å². The van der Waals surface area contributed by atoms with Gasteiger partial charge in [0.05, 0.1) is 25.1 Å². The molecule has 0 aliphatic heterocycles. The zero-order chi connectivity index (χ0) is 20.9. The van der Waals surface area contributed by atoms with E-state index in [0.717, 1.165) is 39.1 Å². The largest absolute Gasteiger partial charge is 0.507 e. The fourth-order valence-corrected chi connectivity index (χ4v) is 4.93. The number of hydrogen-bond donors (Lipinski definition) is 1. The molecule has 0 radical (unpaired) electrons. The fraction of sp³-hybridized carbons (Fsp3) is 0.304. The minimum Gasteiger partial charge on any atom is -0.507 e. The van der Waals surface area contributed by atoms with Gasteiger partial charge >= 0.3 is 0 Å². The molecule has 1 aliphatic carbocycles. The minimum absolute atomic E-state index is 0.183. The molecule has 0 amide bonds. The third-order valence-electron chi connectivity index (χ3n) is 5.24. The predicted molar refractivity (Wildman–Crippen MR) is 126 cm³/mol. The van der Waals surface area contributed by atoms with Crippen LogP contribution < -0.4 is 9.54 Å². The predicted octanol–water partition coefficient (Wildman–Crippen LogP) is 5.81. The average Bonchev–Trinajstić information content (AvgIpc) is 3.17. The molecule has 1 heterocycles. The van der Waals surface area contributed by atoms with Crippen LogP contribution in [0.3, 0.4) is 0 Å². The van der Waals surface area contributed by atoms with Crippen molar-refractivity contribution in [2.75, 3.05) is 7.11 Å². The number of thiazole rings is 1. The van der Waals surface area contributed by atoms with Crippen LogP contribution in [0.15, 0.2) is 62.4 Å². The Morgan fingerprint density at radius 2 is 1.97 bits per heavy atom. The molecular weight excluding hydrogens is 462 g/mol. The van der Waals surface area contributed by atoms with E-state index < -0.39 is 0 Å². The second-order valence-electron chi connectivity index (χ2n) is 7.28. The number of phenolic OH excluding ortho intramolecular Hbond substituents is 1. The normalized spacial score (nSPS) is 15.7. The van der Waals surface area contributed by atoms with Crippen LogP contribution >= 0.6 is 27.3 Å². The molecule has 1 N–H and O–H groups in total. The summed E-state index contributed by atoms with van der Waals surface area (Å²) >= 11 is 5.03. The summed E-state index contributed by atoms with van der Waals surface area (Å²) in [4.78, 5) is 5.88. The maximum atomic E-state index is 10.2. The monoisotopic (exact) mass is 485 g/mol. The number of rotatable bonds is 5. The average molecular weight is 486 g/mol. The lowest BCUT2D eigenvalue weighted by Gasteiger charge is -2.17. The van der Waals surface area contributed by atoms with E-state index in [1.54, 1.807) is 36.8 Å². The zero-order valence-electron chi connectivity index (χ0n) is 16.8. The summed E-state index contributed by atoms with van der Waals surface area (Å²) in [6.45, 7) is 0. The van der Waals surface area contributed by atoms with Crippen LogP contribution in [0, 0.1) is 0 Å². The molecule has 1 saturated carbocycles. The molecule has 156 valence electrons. The highest BCUT2D eigenvalue weighted by molar-refractivity contribution is 9.10. The molecule has 3 aromatic rings. The number of benzene rings is 2. The summed E-state index contributed by atoms with van der Waals surface area (Å²) in [5.41, 5.74) is 2.51. The summed E-state index contributed by atoms with van der Waals surface area (Å²) in [5.74, 6) is 0.969. The van der Waals surface area contributed by atoms with Crippen molar-refractivity contribution in [2.45, 2.75) is 38.1 Å². The van der Waals surface area contributed by atoms with Crippen LogP contribution in [-0.2, 0) is 0 Å². The first-order chi connectivity index (χ1) is 14.7. The maximum Gasteiger partial charge on any atom is 0.206 e. The molecule has 4 rings (SSSR count). The van der Waals surface area contributed by atoms with E-state index in [0.29, 0.717) is 11.6 Å². The van der Waals surface area contributed by atoms with Crippen molar-refractivity contribution in [1.82, 2.24) is 4.68 Å². The van der Waals surface area contributed by atoms with E-state index in [2.05, 4.69) is 21.3 Å². The highest BCUT2D eigenvalue weighted by atomic mass is 79.9. The van der Waals surface area contributed by atoms with Crippen LogP contribution in [-0.4, -0.2) is 29.1 Å². The van der Waals surface area contributed by atoms with Crippen molar-refractivity contribution in [1.29, 1.82) is 0 Å². The molecule has 7 heteroatoms. The molecule has 0 spiro atoms. The minimum atomic E-state index is 0.183. The number of para-hydroxylation sites is 1. The molecule has 5 nitrogen and oxygen atoms in total. The van der Waals surface area contributed by atoms with Crippen molar-refractivity contribution < 1.29 is 9.84 Å². The number of hydrogen-bond acceptors (Lipinski definition) is 5. The SMILES string of the molecule is COc1ccccc1-c1csc(=NC2CCCCC2)n1N=Cc1cc(Br)ccc1O. The molecule has 1 aromatic heterocycles. The van der Waals surface area contributed by atoms with Gasteiger partial charge in [0.1, 0.15) is 11.5 Å². The maximum absolute atomic E-state index is 10.2. The van der Waals surface area contributed by atoms with Crippen LogP contribution in [0.4, 0.5) is 0 Å². The van der Waals surface area contributed by atoms with Crippen molar-refractivity contribution in [3.63, 3.8) is 0 Å². The molecule has 1 aliphatic rings. The first kappa shape index (κ1) is 20.9.